The van der Waals surface area contributed by atoms with E-state index in [1.807, 2.05) is 24.3 Å². The summed E-state index contributed by atoms with van der Waals surface area (Å²) in [7, 11) is 0. The first-order valence-electron chi connectivity index (χ1n) is 7.25. The van der Waals surface area contributed by atoms with Crippen LogP contribution >= 0.6 is 0 Å². The SMILES string of the molecule is CC1CN(c2c(C(N)=O)cnc3ccccc23)C(C)CN1. The van der Waals surface area contributed by atoms with Crippen molar-refractivity contribution in [2.24, 2.45) is 5.73 Å². The number of para-hydroxylation sites is 1. The first-order chi connectivity index (χ1) is 10.1. The second kappa shape index (κ2) is 5.33. The van der Waals surface area contributed by atoms with Gasteiger partial charge in [-0.3, -0.25) is 9.78 Å². The number of hydrogen-bond acceptors (Lipinski definition) is 4. The van der Waals surface area contributed by atoms with E-state index >= 15 is 0 Å². The number of primary amides is 1. The molecule has 1 aromatic carbocycles. The molecule has 1 aliphatic heterocycles. The molecule has 2 atom stereocenters. The molecule has 3 rings (SSSR count). The molecule has 2 unspecified atom stereocenters. The van der Waals surface area contributed by atoms with E-state index in [1.165, 1.54) is 0 Å². The van der Waals surface area contributed by atoms with E-state index in [2.05, 4.69) is 29.0 Å². The number of hydrogen-bond donors (Lipinski definition) is 2. The highest BCUT2D eigenvalue weighted by molar-refractivity contribution is 6.06. The number of rotatable bonds is 2. The van der Waals surface area contributed by atoms with Crippen molar-refractivity contribution in [3.63, 3.8) is 0 Å². The first kappa shape index (κ1) is 13.8. The van der Waals surface area contributed by atoms with Gasteiger partial charge in [-0.2, -0.15) is 0 Å². The van der Waals surface area contributed by atoms with E-state index in [4.69, 9.17) is 5.73 Å². The average molecular weight is 284 g/mol. The number of carbonyl (C=O) groups excluding carboxylic acids is 1. The third kappa shape index (κ3) is 2.45. The van der Waals surface area contributed by atoms with Gasteiger partial charge in [0.2, 0.25) is 0 Å². The molecule has 0 saturated carbocycles. The molecule has 21 heavy (non-hydrogen) atoms. The van der Waals surface area contributed by atoms with Crippen LogP contribution in [0.1, 0.15) is 24.2 Å². The number of fused-ring (bicyclic) bond motifs is 1. The van der Waals surface area contributed by atoms with Crippen molar-refractivity contribution in [1.29, 1.82) is 0 Å². The molecule has 5 nitrogen and oxygen atoms in total. The molecule has 1 amide bonds. The van der Waals surface area contributed by atoms with Gasteiger partial charge in [0.15, 0.2) is 0 Å². The fourth-order valence-corrected chi connectivity index (χ4v) is 2.95. The number of anilines is 1. The monoisotopic (exact) mass is 284 g/mol. The van der Waals surface area contributed by atoms with Crippen LogP contribution in [0, 0.1) is 0 Å². The molecule has 1 aliphatic rings. The second-order valence-corrected chi connectivity index (χ2v) is 5.71. The van der Waals surface area contributed by atoms with E-state index in [-0.39, 0.29) is 0 Å². The highest BCUT2D eigenvalue weighted by Gasteiger charge is 2.27. The van der Waals surface area contributed by atoms with E-state index < -0.39 is 5.91 Å². The minimum absolute atomic E-state index is 0.296. The summed E-state index contributed by atoms with van der Waals surface area (Å²) < 4.78 is 0. The maximum atomic E-state index is 11.8. The summed E-state index contributed by atoms with van der Waals surface area (Å²) >= 11 is 0. The van der Waals surface area contributed by atoms with Gasteiger partial charge in [0.25, 0.3) is 5.91 Å². The molecule has 2 heterocycles. The molecule has 5 heteroatoms. The summed E-state index contributed by atoms with van der Waals surface area (Å²) in [5, 5.41) is 4.44. The molecule has 1 aromatic heterocycles. The molecule has 0 spiro atoms. The number of nitrogens with two attached hydrogens (primary N) is 1. The molecule has 1 saturated heterocycles. The van der Waals surface area contributed by atoms with Crippen molar-refractivity contribution in [2.45, 2.75) is 25.9 Å². The van der Waals surface area contributed by atoms with Crippen LogP contribution in [0.4, 0.5) is 5.69 Å². The fourth-order valence-electron chi connectivity index (χ4n) is 2.95. The molecule has 110 valence electrons. The van der Waals surface area contributed by atoms with Crippen LogP contribution < -0.4 is 16.0 Å². The van der Waals surface area contributed by atoms with Crippen LogP contribution in [0.25, 0.3) is 10.9 Å². The predicted molar refractivity (Wildman–Crippen MR) is 84.5 cm³/mol. The number of aromatic nitrogens is 1. The Bertz CT molecular complexity index is 685. The van der Waals surface area contributed by atoms with Gasteiger partial charge < -0.3 is 16.0 Å². The number of nitrogens with zero attached hydrogens (tertiary/aromatic N) is 2. The topological polar surface area (TPSA) is 71.2 Å². The maximum Gasteiger partial charge on any atom is 0.252 e. The average Bonchev–Trinajstić information content (AvgIpc) is 2.48. The quantitative estimate of drug-likeness (QED) is 0.877. The van der Waals surface area contributed by atoms with Gasteiger partial charge in [0.1, 0.15) is 0 Å². The molecule has 3 N–H and O–H groups in total. The highest BCUT2D eigenvalue weighted by atomic mass is 16.1. The van der Waals surface area contributed by atoms with Crippen molar-refractivity contribution < 1.29 is 4.79 Å². The van der Waals surface area contributed by atoms with E-state index in [0.29, 0.717) is 17.6 Å². The zero-order valence-corrected chi connectivity index (χ0v) is 12.3. The summed E-state index contributed by atoms with van der Waals surface area (Å²) in [6, 6.07) is 8.55. The summed E-state index contributed by atoms with van der Waals surface area (Å²) in [6.45, 7) is 6.02. The van der Waals surface area contributed by atoms with E-state index in [0.717, 1.165) is 29.7 Å². The Morgan fingerprint density at radius 2 is 2.14 bits per heavy atom. The van der Waals surface area contributed by atoms with Crippen molar-refractivity contribution in [3.8, 4) is 0 Å². The Balaban J connectivity index is 2.22. The number of pyridine rings is 1. The lowest BCUT2D eigenvalue weighted by atomic mass is 10.0. The van der Waals surface area contributed by atoms with Crippen LogP contribution in [0.3, 0.4) is 0 Å². The maximum absolute atomic E-state index is 11.8. The minimum Gasteiger partial charge on any atom is -0.365 e. The summed E-state index contributed by atoms with van der Waals surface area (Å²) in [5.41, 5.74) is 7.86. The summed E-state index contributed by atoms with van der Waals surface area (Å²) in [5.74, 6) is -0.429. The zero-order valence-electron chi connectivity index (χ0n) is 12.3. The zero-order chi connectivity index (χ0) is 15.0. The third-order valence-electron chi connectivity index (χ3n) is 4.06. The Labute approximate surface area is 124 Å². The Hall–Kier alpha value is -2.14. The van der Waals surface area contributed by atoms with Crippen LogP contribution in [0.15, 0.2) is 30.5 Å². The lowest BCUT2D eigenvalue weighted by molar-refractivity contribution is 0.100. The van der Waals surface area contributed by atoms with Crippen LogP contribution in [-0.4, -0.2) is 36.1 Å². The van der Waals surface area contributed by atoms with Crippen molar-refractivity contribution in [3.05, 3.63) is 36.0 Å². The second-order valence-electron chi connectivity index (χ2n) is 5.71. The Morgan fingerprint density at radius 1 is 1.38 bits per heavy atom. The smallest absolute Gasteiger partial charge is 0.252 e. The van der Waals surface area contributed by atoms with Crippen molar-refractivity contribution in [2.75, 3.05) is 18.0 Å². The first-order valence-corrected chi connectivity index (χ1v) is 7.25. The minimum atomic E-state index is -0.429. The number of carbonyl (C=O) groups is 1. The van der Waals surface area contributed by atoms with Crippen LogP contribution in [0.5, 0.6) is 0 Å². The number of amides is 1. The number of benzene rings is 1. The molecule has 1 fully saturated rings. The van der Waals surface area contributed by atoms with Gasteiger partial charge in [-0.15, -0.1) is 0 Å². The largest absolute Gasteiger partial charge is 0.365 e. The Kier molecular flexibility index (Phi) is 3.51. The van der Waals surface area contributed by atoms with Gasteiger partial charge >= 0.3 is 0 Å². The lowest BCUT2D eigenvalue weighted by Gasteiger charge is -2.40. The van der Waals surface area contributed by atoms with Crippen LogP contribution in [-0.2, 0) is 0 Å². The van der Waals surface area contributed by atoms with Gasteiger partial charge in [-0.05, 0) is 19.9 Å². The summed E-state index contributed by atoms with van der Waals surface area (Å²) in [4.78, 5) is 18.5. The normalized spacial score (nSPS) is 22.5. The molecular formula is C16H20N4O. The van der Waals surface area contributed by atoms with Crippen LogP contribution in [0.2, 0.25) is 0 Å². The van der Waals surface area contributed by atoms with Gasteiger partial charge in [0.05, 0.1) is 16.8 Å². The molecule has 0 aliphatic carbocycles. The van der Waals surface area contributed by atoms with E-state index in [9.17, 15) is 4.79 Å². The highest BCUT2D eigenvalue weighted by Crippen LogP contribution is 2.31. The third-order valence-corrected chi connectivity index (χ3v) is 4.06. The molecular weight excluding hydrogens is 264 g/mol. The van der Waals surface area contributed by atoms with Gasteiger partial charge in [-0.25, -0.2) is 0 Å². The Morgan fingerprint density at radius 3 is 2.90 bits per heavy atom. The summed E-state index contributed by atoms with van der Waals surface area (Å²) in [6.07, 6.45) is 1.60. The fraction of sp³-hybridized carbons (Fsp3) is 0.375. The lowest BCUT2D eigenvalue weighted by Crippen LogP contribution is -2.55. The van der Waals surface area contributed by atoms with Crippen molar-refractivity contribution in [1.82, 2.24) is 10.3 Å². The molecule has 0 bridgehead atoms. The number of piperazine rings is 1. The van der Waals surface area contributed by atoms with Gasteiger partial charge in [0, 0.05) is 36.8 Å². The molecule has 0 radical (unpaired) electrons. The standard InChI is InChI=1S/C16H20N4O/c1-10-9-20(11(2)7-18-10)15-12-5-3-4-6-14(12)19-8-13(15)16(17)21/h3-6,8,10-11,18H,7,9H2,1-2H3,(H2,17,21). The molecule has 2 aromatic rings. The van der Waals surface area contributed by atoms with Gasteiger partial charge in [-0.1, -0.05) is 18.2 Å². The number of nitrogens with one attached hydrogen (secondary N) is 1. The van der Waals surface area contributed by atoms with E-state index in [1.54, 1.807) is 6.20 Å². The van der Waals surface area contributed by atoms with Crippen molar-refractivity contribution >= 4 is 22.5 Å². The predicted octanol–water partition coefficient (Wildman–Crippen LogP) is 1.52.